The lowest BCUT2D eigenvalue weighted by molar-refractivity contribution is -0.167. The van der Waals surface area contributed by atoms with Gasteiger partial charge < -0.3 is 14.8 Å². The lowest BCUT2D eigenvalue weighted by Crippen LogP contribution is -2.42. The summed E-state index contributed by atoms with van der Waals surface area (Å²) in [6, 6.07) is 7.95. The standard InChI is InChI=1S/C14H17NO5/c1-9(16)15-12(11-7-5-4-6-8-11)13(14(18)19-3)20-10(2)17/h4-8,12-13H,1-3H3,(H,15,16)/t12-,13+/m0/s1. The van der Waals surface area contributed by atoms with Crippen LogP contribution < -0.4 is 5.32 Å². The maximum atomic E-state index is 11.8. The maximum absolute atomic E-state index is 11.8. The molecule has 0 aliphatic heterocycles. The quantitative estimate of drug-likeness (QED) is 0.812. The van der Waals surface area contributed by atoms with Crippen LogP contribution in [0.3, 0.4) is 0 Å². The third-order valence-electron chi connectivity index (χ3n) is 2.55. The van der Waals surface area contributed by atoms with E-state index >= 15 is 0 Å². The summed E-state index contributed by atoms with van der Waals surface area (Å²) in [5.41, 5.74) is 0.638. The zero-order valence-electron chi connectivity index (χ0n) is 11.6. The van der Waals surface area contributed by atoms with Gasteiger partial charge in [-0.25, -0.2) is 4.79 Å². The van der Waals surface area contributed by atoms with Crippen molar-refractivity contribution < 1.29 is 23.9 Å². The van der Waals surface area contributed by atoms with E-state index in [1.54, 1.807) is 30.3 Å². The summed E-state index contributed by atoms with van der Waals surface area (Å²) in [4.78, 5) is 34.3. The highest BCUT2D eigenvalue weighted by Crippen LogP contribution is 2.20. The first-order valence-electron chi connectivity index (χ1n) is 6.02. The van der Waals surface area contributed by atoms with E-state index in [4.69, 9.17) is 4.74 Å². The summed E-state index contributed by atoms with van der Waals surface area (Å²) in [5, 5.41) is 2.60. The van der Waals surface area contributed by atoms with Crippen LogP contribution in [0.25, 0.3) is 0 Å². The van der Waals surface area contributed by atoms with Gasteiger partial charge in [-0.3, -0.25) is 9.59 Å². The van der Waals surface area contributed by atoms with Crippen molar-refractivity contribution in [1.82, 2.24) is 5.32 Å². The third kappa shape index (κ3) is 4.38. The normalized spacial score (nSPS) is 12.9. The summed E-state index contributed by atoms with van der Waals surface area (Å²) >= 11 is 0. The summed E-state index contributed by atoms with van der Waals surface area (Å²) < 4.78 is 9.62. The molecule has 6 nitrogen and oxygen atoms in total. The van der Waals surface area contributed by atoms with Crippen molar-refractivity contribution in [2.45, 2.75) is 26.0 Å². The Labute approximate surface area is 117 Å². The van der Waals surface area contributed by atoms with Gasteiger partial charge in [-0.1, -0.05) is 30.3 Å². The Bertz CT molecular complexity index is 486. The lowest BCUT2D eigenvalue weighted by Gasteiger charge is -2.25. The van der Waals surface area contributed by atoms with Gasteiger partial charge in [0.15, 0.2) is 0 Å². The van der Waals surface area contributed by atoms with Gasteiger partial charge in [0.1, 0.15) is 6.04 Å². The van der Waals surface area contributed by atoms with Crippen molar-refractivity contribution in [1.29, 1.82) is 0 Å². The van der Waals surface area contributed by atoms with Crippen LogP contribution >= 0.6 is 0 Å². The fourth-order valence-corrected chi connectivity index (χ4v) is 1.76. The van der Waals surface area contributed by atoms with E-state index in [0.29, 0.717) is 5.56 Å². The molecule has 0 spiro atoms. The molecule has 0 saturated carbocycles. The Kier molecular flexibility index (Phi) is 5.71. The number of hydrogen-bond donors (Lipinski definition) is 1. The van der Waals surface area contributed by atoms with Crippen LogP contribution in [0, 0.1) is 0 Å². The van der Waals surface area contributed by atoms with Crippen LogP contribution in [0.4, 0.5) is 0 Å². The largest absolute Gasteiger partial charge is 0.466 e. The molecule has 1 rings (SSSR count). The first-order valence-corrected chi connectivity index (χ1v) is 6.02. The molecule has 1 amide bonds. The van der Waals surface area contributed by atoms with Crippen LogP contribution in [0.1, 0.15) is 25.5 Å². The number of ether oxygens (including phenoxy) is 2. The lowest BCUT2D eigenvalue weighted by atomic mass is 10.0. The van der Waals surface area contributed by atoms with Crippen LogP contribution in [0.2, 0.25) is 0 Å². The third-order valence-corrected chi connectivity index (χ3v) is 2.55. The number of carbonyl (C=O) groups is 3. The summed E-state index contributed by atoms with van der Waals surface area (Å²) in [7, 11) is 1.19. The molecule has 2 atom stereocenters. The van der Waals surface area contributed by atoms with Crippen molar-refractivity contribution >= 4 is 17.8 Å². The van der Waals surface area contributed by atoms with Crippen molar-refractivity contribution in [3.05, 3.63) is 35.9 Å². The summed E-state index contributed by atoms with van der Waals surface area (Å²) in [6.45, 7) is 2.50. The molecule has 20 heavy (non-hydrogen) atoms. The Morgan fingerprint density at radius 3 is 2.15 bits per heavy atom. The van der Waals surface area contributed by atoms with E-state index in [2.05, 4.69) is 10.1 Å². The minimum absolute atomic E-state index is 0.347. The Morgan fingerprint density at radius 2 is 1.70 bits per heavy atom. The van der Waals surface area contributed by atoms with E-state index in [-0.39, 0.29) is 5.91 Å². The fourth-order valence-electron chi connectivity index (χ4n) is 1.76. The van der Waals surface area contributed by atoms with Crippen LogP contribution in [0.5, 0.6) is 0 Å². The second-order valence-electron chi connectivity index (χ2n) is 4.14. The molecule has 6 heteroatoms. The van der Waals surface area contributed by atoms with Gasteiger partial charge in [0.05, 0.1) is 7.11 Å². The van der Waals surface area contributed by atoms with Crippen molar-refractivity contribution in [2.75, 3.05) is 7.11 Å². The predicted molar refractivity (Wildman–Crippen MR) is 70.6 cm³/mol. The number of amides is 1. The van der Waals surface area contributed by atoms with Gasteiger partial charge in [-0.2, -0.15) is 0 Å². The zero-order valence-corrected chi connectivity index (χ0v) is 11.6. The van der Waals surface area contributed by atoms with Crippen LogP contribution in [-0.2, 0) is 23.9 Å². The number of methoxy groups -OCH3 is 1. The highest BCUT2D eigenvalue weighted by Gasteiger charge is 2.34. The molecule has 1 N–H and O–H groups in total. The molecule has 1 aromatic rings. The van der Waals surface area contributed by atoms with Crippen molar-refractivity contribution in [3.8, 4) is 0 Å². The molecule has 0 saturated heterocycles. The average Bonchev–Trinajstić information content (AvgIpc) is 2.42. The molecular formula is C14H17NO5. The molecular weight excluding hydrogens is 262 g/mol. The SMILES string of the molecule is COC(=O)[C@H](OC(C)=O)[C@@H](NC(C)=O)c1ccccc1. The molecule has 0 fully saturated rings. The van der Waals surface area contributed by atoms with E-state index in [0.717, 1.165) is 0 Å². The second-order valence-corrected chi connectivity index (χ2v) is 4.14. The maximum Gasteiger partial charge on any atom is 0.349 e. The second kappa shape index (κ2) is 7.28. The molecule has 108 valence electrons. The zero-order chi connectivity index (χ0) is 15.1. The highest BCUT2D eigenvalue weighted by atomic mass is 16.6. The monoisotopic (exact) mass is 279 g/mol. The number of nitrogens with one attached hydrogen (secondary N) is 1. The van der Waals surface area contributed by atoms with E-state index < -0.39 is 24.1 Å². The van der Waals surface area contributed by atoms with Crippen LogP contribution in [-0.4, -0.2) is 31.1 Å². The van der Waals surface area contributed by atoms with E-state index in [1.165, 1.54) is 21.0 Å². The number of carbonyl (C=O) groups excluding carboxylic acids is 3. The minimum Gasteiger partial charge on any atom is -0.466 e. The van der Waals surface area contributed by atoms with Crippen molar-refractivity contribution in [2.24, 2.45) is 0 Å². The fraction of sp³-hybridized carbons (Fsp3) is 0.357. The minimum atomic E-state index is -1.23. The summed E-state index contributed by atoms with van der Waals surface area (Å²) in [5.74, 6) is -1.71. The Hall–Kier alpha value is -2.37. The topological polar surface area (TPSA) is 81.7 Å². The summed E-state index contributed by atoms with van der Waals surface area (Å²) in [6.07, 6.45) is -1.23. The van der Waals surface area contributed by atoms with Gasteiger partial charge >= 0.3 is 11.9 Å². The number of hydrogen-bond acceptors (Lipinski definition) is 5. The van der Waals surface area contributed by atoms with Gasteiger partial charge in [0.2, 0.25) is 12.0 Å². The van der Waals surface area contributed by atoms with Crippen LogP contribution in [0.15, 0.2) is 30.3 Å². The highest BCUT2D eigenvalue weighted by molar-refractivity contribution is 5.81. The Balaban J connectivity index is 3.13. The molecule has 0 aliphatic rings. The average molecular weight is 279 g/mol. The first-order chi connectivity index (χ1) is 9.45. The molecule has 0 aromatic heterocycles. The first kappa shape index (κ1) is 15.7. The molecule has 0 aliphatic carbocycles. The molecule has 0 bridgehead atoms. The van der Waals surface area contributed by atoms with E-state index in [9.17, 15) is 14.4 Å². The van der Waals surface area contributed by atoms with Crippen molar-refractivity contribution in [3.63, 3.8) is 0 Å². The van der Waals surface area contributed by atoms with Gasteiger partial charge in [0.25, 0.3) is 0 Å². The molecule has 0 heterocycles. The molecule has 0 radical (unpaired) electrons. The van der Waals surface area contributed by atoms with E-state index in [1.807, 2.05) is 0 Å². The van der Waals surface area contributed by atoms with Gasteiger partial charge in [-0.15, -0.1) is 0 Å². The van der Waals surface area contributed by atoms with Gasteiger partial charge in [0, 0.05) is 13.8 Å². The smallest absolute Gasteiger partial charge is 0.349 e. The number of esters is 2. The molecule has 0 unspecified atom stereocenters. The number of rotatable bonds is 5. The number of benzene rings is 1. The van der Waals surface area contributed by atoms with Gasteiger partial charge in [-0.05, 0) is 5.56 Å². The predicted octanol–water partition coefficient (Wildman–Crippen LogP) is 0.968. The Morgan fingerprint density at radius 1 is 1.10 bits per heavy atom. The molecule has 1 aromatic carbocycles.